The molecule has 0 radical (unpaired) electrons. The molecule has 1 N–H and O–H groups in total. The van der Waals surface area contributed by atoms with Gasteiger partial charge in [0.15, 0.2) is 0 Å². The molecule has 0 saturated heterocycles. The molecule has 0 aliphatic heterocycles. The molecule has 0 unspecified atom stereocenters. The van der Waals surface area contributed by atoms with Crippen LogP contribution in [-0.2, 0) is 10.2 Å². The van der Waals surface area contributed by atoms with Crippen molar-refractivity contribution >= 4 is 5.97 Å². The number of benzene rings is 1. The second kappa shape index (κ2) is 3.12. The lowest BCUT2D eigenvalue weighted by atomic mass is 9.60. The van der Waals surface area contributed by atoms with Crippen molar-refractivity contribution < 1.29 is 9.90 Å². The van der Waals surface area contributed by atoms with Crippen molar-refractivity contribution in [1.82, 2.24) is 0 Å². The third kappa shape index (κ3) is 1.41. The van der Waals surface area contributed by atoms with Gasteiger partial charge < -0.3 is 5.11 Å². The minimum atomic E-state index is -0.654. The minimum Gasteiger partial charge on any atom is -0.481 e. The standard InChI is InChI=1S/C12H14O2/c1-12(7-9(8-12)11(13)14)10-5-3-2-4-6-10/h2-6,9H,7-8H2,1H3,(H,13,14). The smallest absolute Gasteiger partial charge is 0.306 e. The normalized spacial score (nSPS) is 30.8. The minimum absolute atomic E-state index is 0.0876. The van der Waals surface area contributed by atoms with Crippen LogP contribution in [-0.4, -0.2) is 11.1 Å². The summed E-state index contributed by atoms with van der Waals surface area (Å²) in [4.78, 5) is 10.7. The average molecular weight is 190 g/mol. The first kappa shape index (κ1) is 9.25. The van der Waals surface area contributed by atoms with E-state index in [1.807, 2.05) is 18.2 Å². The highest BCUT2D eigenvalue weighted by atomic mass is 16.4. The number of carboxylic acids is 1. The maximum absolute atomic E-state index is 10.7. The van der Waals surface area contributed by atoms with E-state index in [-0.39, 0.29) is 11.3 Å². The average Bonchev–Trinajstić information content (AvgIpc) is 2.14. The lowest BCUT2D eigenvalue weighted by Crippen LogP contribution is -2.42. The van der Waals surface area contributed by atoms with Gasteiger partial charge in [0.05, 0.1) is 5.92 Å². The number of aliphatic carboxylic acids is 1. The van der Waals surface area contributed by atoms with Crippen LogP contribution in [0.5, 0.6) is 0 Å². The van der Waals surface area contributed by atoms with Gasteiger partial charge in [0.1, 0.15) is 0 Å². The number of rotatable bonds is 2. The quantitative estimate of drug-likeness (QED) is 0.777. The Hall–Kier alpha value is -1.31. The zero-order valence-corrected chi connectivity index (χ0v) is 8.23. The highest BCUT2D eigenvalue weighted by molar-refractivity contribution is 5.72. The van der Waals surface area contributed by atoms with Gasteiger partial charge in [-0.2, -0.15) is 0 Å². The summed E-state index contributed by atoms with van der Waals surface area (Å²) in [5.74, 6) is -0.793. The molecular weight excluding hydrogens is 176 g/mol. The Bertz CT molecular complexity index is 337. The highest BCUT2D eigenvalue weighted by Crippen LogP contribution is 2.47. The summed E-state index contributed by atoms with van der Waals surface area (Å²) >= 11 is 0. The number of hydrogen-bond acceptors (Lipinski definition) is 1. The molecule has 1 aliphatic rings. The van der Waals surface area contributed by atoms with Gasteiger partial charge in [-0.15, -0.1) is 0 Å². The predicted octanol–water partition coefficient (Wildman–Crippen LogP) is 2.44. The van der Waals surface area contributed by atoms with E-state index >= 15 is 0 Å². The Kier molecular flexibility index (Phi) is 2.06. The SMILES string of the molecule is CC1(c2ccccc2)CC(C(=O)O)C1. The van der Waals surface area contributed by atoms with Crippen molar-refractivity contribution in [3.63, 3.8) is 0 Å². The van der Waals surface area contributed by atoms with E-state index < -0.39 is 5.97 Å². The van der Waals surface area contributed by atoms with Crippen molar-refractivity contribution in [3.8, 4) is 0 Å². The first-order chi connectivity index (χ1) is 6.62. The van der Waals surface area contributed by atoms with Gasteiger partial charge in [0.2, 0.25) is 0 Å². The van der Waals surface area contributed by atoms with E-state index in [4.69, 9.17) is 5.11 Å². The number of carbonyl (C=O) groups is 1. The lowest BCUT2D eigenvalue weighted by molar-refractivity contribution is -0.147. The number of carboxylic acid groups (broad SMARTS) is 1. The second-order valence-corrected chi connectivity index (χ2v) is 4.37. The zero-order chi connectivity index (χ0) is 10.2. The molecule has 0 amide bonds. The first-order valence-corrected chi connectivity index (χ1v) is 4.90. The lowest BCUT2D eigenvalue weighted by Gasteiger charge is -2.43. The zero-order valence-electron chi connectivity index (χ0n) is 8.23. The Morgan fingerprint density at radius 1 is 1.36 bits per heavy atom. The van der Waals surface area contributed by atoms with E-state index in [1.54, 1.807) is 0 Å². The molecule has 0 heterocycles. The van der Waals surface area contributed by atoms with Crippen molar-refractivity contribution in [2.75, 3.05) is 0 Å². The maximum Gasteiger partial charge on any atom is 0.306 e. The van der Waals surface area contributed by atoms with E-state index in [9.17, 15) is 4.79 Å². The number of hydrogen-bond donors (Lipinski definition) is 1. The molecule has 0 spiro atoms. The van der Waals surface area contributed by atoms with Gasteiger partial charge in [-0.1, -0.05) is 37.3 Å². The molecular formula is C12H14O2. The summed E-state index contributed by atoms with van der Waals surface area (Å²) < 4.78 is 0. The van der Waals surface area contributed by atoms with Gasteiger partial charge in [0.25, 0.3) is 0 Å². The Balaban J connectivity index is 2.12. The van der Waals surface area contributed by atoms with Gasteiger partial charge in [0, 0.05) is 0 Å². The van der Waals surface area contributed by atoms with Crippen LogP contribution in [0.1, 0.15) is 25.3 Å². The van der Waals surface area contributed by atoms with Crippen LogP contribution >= 0.6 is 0 Å². The van der Waals surface area contributed by atoms with E-state index in [0.29, 0.717) is 0 Å². The van der Waals surface area contributed by atoms with Crippen LogP contribution in [0.3, 0.4) is 0 Å². The maximum atomic E-state index is 10.7. The van der Waals surface area contributed by atoms with E-state index in [1.165, 1.54) is 5.56 Å². The van der Waals surface area contributed by atoms with Crippen LogP contribution in [0, 0.1) is 5.92 Å². The molecule has 14 heavy (non-hydrogen) atoms. The third-order valence-electron chi connectivity index (χ3n) is 3.21. The van der Waals surface area contributed by atoms with Gasteiger partial charge in [-0.3, -0.25) is 4.79 Å². The highest BCUT2D eigenvalue weighted by Gasteiger charge is 2.44. The molecule has 1 aliphatic carbocycles. The second-order valence-electron chi connectivity index (χ2n) is 4.37. The fraction of sp³-hybridized carbons (Fsp3) is 0.417. The molecule has 2 nitrogen and oxygen atoms in total. The summed E-state index contributed by atoms with van der Waals surface area (Å²) in [7, 11) is 0. The molecule has 2 rings (SSSR count). The summed E-state index contributed by atoms with van der Waals surface area (Å²) in [6.07, 6.45) is 1.54. The molecule has 0 bridgehead atoms. The Morgan fingerprint density at radius 3 is 2.43 bits per heavy atom. The van der Waals surface area contributed by atoms with Crippen LogP contribution < -0.4 is 0 Å². The molecule has 1 saturated carbocycles. The van der Waals surface area contributed by atoms with E-state index in [2.05, 4.69) is 19.1 Å². The summed E-state index contributed by atoms with van der Waals surface area (Å²) in [6, 6.07) is 10.2. The Morgan fingerprint density at radius 2 is 1.93 bits per heavy atom. The van der Waals surface area contributed by atoms with Crippen LogP contribution in [0.2, 0.25) is 0 Å². The third-order valence-corrected chi connectivity index (χ3v) is 3.21. The fourth-order valence-corrected chi connectivity index (χ4v) is 2.28. The van der Waals surface area contributed by atoms with Gasteiger partial charge >= 0.3 is 5.97 Å². The van der Waals surface area contributed by atoms with Gasteiger partial charge in [-0.25, -0.2) is 0 Å². The van der Waals surface area contributed by atoms with Crippen LogP contribution in [0.15, 0.2) is 30.3 Å². The topological polar surface area (TPSA) is 37.3 Å². The largest absolute Gasteiger partial charge is 0.481 e. The van der Waals surface area contributed by atoms with Crippen molar-refractivity contribution in [2.24, 2.45) is 5.92 Å². The first-order valence-electron chi connectivity index (χ1n) is 4.90. The summed E-state index contributed by atoms with van der Waals surface area (Å²) in [6.45, 7) is 2.14. The molecule has 1 aromatic carbocycles. The van der Waals surface area contributed by atoms with Crippen molar-refractivity contribution in [1.29, 1.82) is 0 Å². The molecule has 0 aromatic heterocycles. The van der Waals surface area contributed by atoms with Gasteiger partial charge in [-0.05, 0) is 23.8 Å². The molecule has 0 atom stereocenters. The van der Waals surface area contributed by atoms with E-state index in [0.717, 1.165) is 12.8 Å². The molecule has 1 fully saturated rings. The van der Waals surface area contributed by atoms with Crippen LogP contribution in [0.4, 0.5) is 0 Å². The molecule has 74 valence electrons. The van der Waals surface area contributed by atoms with Crippen molar-refractivity contribution in [2.45, 2.75) is 25.2 Å². The fourth-order valence-electron chi connectivity index (χ4n) is 2.28. The monoisotopic (exact) mass is 190 g/mol. The Labute approximate surface area is 83.6 Å². The summed E-state index contributed by atoms with van der Waals surface area (Å²) in [5.41, 5.74) is 1.35. The summed E-state index contributed by atoms with van der Waals surface area (Å²) in [5, 5.41) is 8.81. The molecule has 1 aromatic rings. The van der Waals surface area contributed by atoms with Crippen LogP contribution in [0.25, 0.3) is 0 Å². The van der Waals surface area contributed by atoms with Crippen molar-refractivity contribution in [3.05, 3.63) is 35.9 Å². The molecule has 2 heteroatoms. The predicted molar refractivity (Wildman–Crippen MR) is 54.2 cm³/mol.